The van der Waals surface area contributed by atoms with Gasteiger partial charge in [0.15, 0.2) is 0 Å². The van der Waals surface area contributed by atoms with Gasteiger partial charge in [0.05, 0.1) is 41.7 Å². The van der Waals surface area contributed by atoms with Crippen LogP contribution in [-0.2, 0) is 6.54 Å². The van der Waals surface area contributed by atoms with E-state index < -0.39 is 0 Å². The van der Waals surface area contributed by atoms with Crippen molar-refractivity contribution in [2.24, 2.45) is 0 Å². The highest BCUT2D eigenvalue weighted by molar-refractivity contribution is 7.05. The van der Waals surface area contributed by atoms with Crippen molar-refractivity contribution in [1.29, 1.82) is 0 Å². The van der Waals surface area contributed by atoms with Gasteiger partial charge in [0.2, 0.25) is 0 Å². The number of methoxy groups -OCH3 is 1. The van der Waals surface area contributed by atoms with Gasteiger partial charge in [0, 0.05) is 12.6 Å². The van der Waals surface area contributed by atoms with Crippen LogP contribution in [0.1, 0.15) is 20.9 Å². The first kappa shape index (κ1) is 16.1. The molecule has 24 heavy (non-hydrogen) atoms. The largest absolute Gasteiger partial charge is 0.497 e. The Morgan fingerprint density at radius 3 is 2.96 bits per heavy atom. The van der Waals surface area contributed by atoms with Crippen LogP contribution in [0, 0.1) is 6.92 Å². The number of nitrogens with one attached hydrogen (secondary N) is 1. The Labute approximate surface area is 143 Å². The number of nitrogens with zero attached hydrogens (tertiary/aromatic N) is 4. The second-order valence-corrected chi connectivity index (χ2v) is 6.17. The summed E-state index contributed by atoms with van der Waals surface area (Å²) in [5.41, 5.74) is 2.88. The number of aryl methyl sites for hydroxylation is 1. The maximum absolute atomic E-state index is 12.8. The fourth-order valence-electron chi connectivity index (χ4n) is 2.34. The van der Waals surface area contributed by atoms with Crippen LogP contribution in [0.4, 0.5) is 0 Å². The van der Waals surface area contributed by atoms with Gasteiger partial charge in [-0.3, -0.25) is 9.89 Å². The Balaban J connectivity index is 1.86. The Hall–Kier alpha value is -2.74. The van der Waals surface area contributed by atoms with Crippen molar-refractivity contribution in [1.82, 2.24) is 24.7 Å². The maximum atomic E-state index is 12.8. The highest BCUT2D eigenvalue weighted by Gasteiger charge is 2.20. The monoisotopic (exact) mass is 343 g/mol. The van der Waals surface area contributed by atoms with E-state index >= 15 is 0 Å². The molecule has 0 bridgehead atoms. The minimum atomic E-state index is -0.116. The predicted octanol–water partition coefficient (Wildman–Crippen LogP) is 2.52. The average Bonchev–Trinajstić information content (AvgIpc) is 3.24. The third kappa shape index (κ3) is 3.13. The zero-order valence-electron chi connectivity index (χ0n) is 13.6. The van der Waals surface area contributed by atoms with Crippen LogP contribution in [0.5, 0.6) is 5.75 Å². The first-order valence-corrected chi connectivity index (χ1v) is 8.08. The van der Waals surface area contributed by atoms with Crippen molar-refractivity contribution in [2.75, 3.05) is 14.2 Å². The molecule has 8 heteroatoms. The zero-order chi connectivity index (χ0) is 17.1. The fraction of sp³-hybridized carbons (Fsp3) is 0.250. The summed E-state index contributed by atoms with van der Waals surface area (Å²) < 4.78 is 9.14. The first-order chi connectivity index (χ1) is 11.6. The van der Waals surface area contributed by atoms with Gasteiger partial charge >= 0.3 is 0 Å². The third-order valence-electron chi connectivity index (χ3n) is 3.70. The molecule has 0 spiro atoms. The highest BCUT2D eigenvalue weighted by Crippen LogP contribution is 2.26. The lowest BCUT2D eigenvalue weighted by Crippen LogP contribution is -2.26. The molecular formula is C16H17N5O2S. The van der Waals surface area contributed by atoms with Crippen molar-refractivity contribution in [3.05, 3.63) is 46.6 Å². The van der Waals surface area contributed by atoms with Gasteiger partial charge in [0.1, 0.15) is 5.75 Å². The molecule has 0 saturated carbocycles. The molecule has 3 rings (SSSR count). The number of aromatic nitrogens is 4. The van der Waals surface area contributed by atoms with Crippen LogP contribution < -0.4 is 4.74 Å². The maximum Gasteiger partial charge on any atom is 0.257 e. The third-order valence-corrected chi connectivity index (χ3v) is 4.51. The van der Waals surface area contributed by atoms with E-state index in [-0.39, 0.29) is 5.91 Å². The lowest BCUT2D eigenvalue weighted by molar-refractivity contribution is 0.0787. The molecule has 2 heterocycles. The van der Waals surface area contributed by atoms with E-state index in [0.717, 1.165) is 21.9 Å². The number of hydrogen-bond donors (Lipinski definition) is 1. The van der Waals surface area contributed by atoms with Gasteiger partial charge in [-0.15, -0.1) is 5.10 Å². The van der Waals surface area contributed by atoms with Crippen LogP contribution in [0.3, 0.4) is 0 Å². The van der Waals surface area contributed by atoms with Crippen LogP contribution in [0.25, 0.3) is 11.3 Å². The molecule has 0 radical (unpaired) electrons. The van der Waals surface area contributed by atoms with Gasteiger partial charge in [0.25, 0.3) is 5.91 Å². The minimum absolute atomic E-state index is 0.116. The van der Waals surface area contributed by atoms with Gasteiger partial charge < -0.3 is 9.64 Å². The summed E-state index contributed by atoms with van der Waals surface area (Å²) in [6.07, 6.45) is 1.55. The first-order valence-electron chi connectivity index (χ1n) is 7.31. The number of rotatable bonds is 5. The summed E-state index contributed by atoms with van der Waals surface area (Å²) in [4.78, 5) is 15.4. The number of hydrogen-bond acceptors (Lipinski definition) is 6. The van der Waals surface area contributed by atoms with Crippen LogP contribution >= 0.6 is 11.5 Å². The van der Waals surface area contributed by atoms with E-state index in [0.29, 0.717) is 17.8 Å². The number of aromatic amines is 1. The lowest BCUT2D eigenvalue weighted by atomic mass is 10.1. The molecule has 124 valence electrons. The van der Waals surface area contributed by atoms with Crippen molar-refractivity contribution >= 4 is 17.4 Å². The van der Waals surface area contributed by atoms with Crippen molar-refractivity contribution in [3.8, 4) is 17.0 Å². The number of carbonyl (C=O) groups excluding carboxylic acids is 1. The van der Waals surface area contributed by atoms with E-state index in [1.54, 1.807) is 25.3 Å². The molecule has 0 fully saturated rings. The SMILES string of the molecule is COc1cccc(-c2[nH]ncc2C(=O)N(C)Cc2snnc2C)c1. The average molecular weight is 343 g/mol. The van der Waals surface area contributed by atoms with Crippen molar-refractivity contribution < 1.29 is 9.53 Å². The number of H-pyrrole nitrogens is 1. The van der Waals surface area contributed by atoms with E-state index in [2.05, 4.69) is 19.8 Å². The van der Waals surface area contributed by atoms with Crippen LogP contribution in [0.2, 0.25) is 0 Å². The zero-order valence-corrected chi connectivity index (χ0v) is 14.4. The molecule has 2 aromatic heterocycles. The molecule has 0 unspecified atom stereocenters. The molecular weight excluding hydrogens is 326 g/mol. The Bertz CT molecular complexity index is 858. The minimum Gasteiger partial charge on any atom is -0.497 e. The molecule has 3 aromatic rings. The van der Waals surface area contributed by atoms with Gasteiger partial charge in [-0.2, -0.15) is 5.10 Å². The molecule has 1 aromatic carbocycles. The number of amides is 1. The number of carbonyl (C=O) groups is 1. The van der Waals surface area contributed by atoms with Crippen LogP contribution in [-0.4, -0.2) is 44.7 Å². The van der Waals surface area contributed by atoms with E-state index in [1.807, 2.05) is 31.2 Å². The van der Waals surface area contributed by atoms with Crippen molar-refractivity contribution in [2.45, 2.75) is 13.5 Å². The van der Waals surface area contributed by atoms with E-state index in [1.165, 1.54) is 11.5 Å². The molecule has 7 nitrogen and oxygen atoms in total. The number of ether oxygens (including phenoxy) is 1. The number of benzene rings is 1. The lowest BCUT2D eigenvalue weighted by Gasteiger charge is -2.16. The van der Waals surface area contributed by atoms with E-state index in [4.69, 9.17) is 4.74 Å². The second-order valence-electron chi connectivity index (χ2n) is 5.33. The van der Waals surface area contributed by atoms with Gasteiger partial charge in [-0.1, -0.05) is 16.6 Å². The van der Waals surface area contributed by atoms with Gasteiger partial charge in [-0.25, -0.2) is 0 Å². The summed E-state index contributed by atoms with van der Waals surface area (Å²) in [6.45, 7) is 2.35. The predicted molar refractivity (Wildman–Crippen MR) is 91.0 cm³/mol. The summed E-state index contributed by atoms with van der Waals surface area (Å²) in [5, 5.41) is 10.9. The molecule has 0 aliphatic carbocycles. The van der Waals surface area contributed by atoms with E-state index in [9.17, 15) is 4.79 Å². The Morgan fingerprint density at radius 2 is 2.25 bits per heavy atom. The topological polar surface area (TPSA) is 84.0 Å². The molecule has 1 N–H and O–H groups in total. The quantitative estimate of drug-likeness (QED) is 0.769. The molecule has 0 aliphatic rings. The Kier molecular flexibility index (Phi) is 4.57. The molecule has 0 saturated heterocycles. The molecule has 1 amide bonds. The fourth-order valence-corrected chi connectivity index (χ4v) is 3.02. The summed E-state index contributed by atoms with van der Waals surface area (Å²) in [6, 6.07) is 7.50. The second kappa shape index (κ2) is 6.79. The van der Waals surface area contributed by atoms with Crippen molar-refractivity contribution in [3.63, 3.8) is 0 Å². The standard InChI is InChI=1S/C16H17N5O2S/c1-10-14(24-20-18-10)9-21(2)16(22)13-8-17-19-15(13)11-5-4-6-12(7-11)23-3/h4-8H,9H2,1-3H3,(H,17,19). The summed E-state index contributed by atoms with van der Waals surface area (Å²) in [5.74, 6) is 0.606. The summed E-state index contributed by atoms with van der Waals surface area (Å²) in [7, 11) is 3.36. The smallest absolute Gasteiger partial charge is 0.257 e. The van der Waals surface area contributed by atoms with Crippen LogP contribution in [0.15, 0.2) is 30.5 Å². The van der Waals surface area contributed by atoms with Gasteiger partial charge in [-0.05, 0) is 30.6 Å². The summed E-state index contributed by atoms with van der Waals surface area (Å²) >= 11 is 1.30. The molecule has 0 atom stereocenters. The Morgan fingerprint density at radius 1 is 1.42 bits per heavy atom. The molecule has 0 aliphatic heterocycles. The highest BCUT2D eigenvalue weighted by atomic mass is 32.1. The normalized spacial score (nSPS) is 10.6.